The normalized spacial score (nSPS) is 14.7. The van der Waals surface area contributed by atoms with Crippen molar-refractivity contribution in [3.63, 3.8) is 0 Å². The third-order valence-electron chi connectivity index (χ3n) is 3.21. The average molecular weight is 318 g/mol. The molecule has 2 N–H and O–H groups in total. The van der Waals surface area contributed by atoms with Gasteiger partial charge in [0.15, 0.2) is 0 Å². The molecule has 0 aliphatic rings. The smallest absolute Gasteiger partial charge is 0.388 e. The van der Waals surface area contributed by atoms with E-state index in [-0.39, 0.29) is 12.1 Å². The van der Waals surface area contributed by atoms with Crippen LogP contribution in [0.4, 0.5) is 13.2 Å². The molecule has 1 unspecified atom stereocenters. The molecule has 1 aromatic heterocycles. The number of nitrogens with zero attached hydrogens (tertiary/aromatic N) is 1. The summed E-state index contributed by atoms with van der Waals surface area (Å²) in [5, 5.41) is 12.6. The van der Waals surface area contributed by atoms with E-state index in [9.17, 15) is 23.1 Å². The molecule has 0 saturated heterocycles. The number of hydrogen-bond donors (Lipinski definition) is 2. The van der Waals surface area contributed by atoms with E-state index < -0.39 is 23.4 Å². The summed E-state index contributed by atoms with van der Waals surface area (Å²) in [5.41, 5.74) is -2.08. The summed E-state index contributed by atoms with van der Waals surface area (Å²) in [6.45, 7) is 5.70. The van der Waals surface area contributed by atoms with Crippen LogP contribution < -0.4 is 5.32 Å². The number of halogens is 3. The number of carbonyl (C=O) groups excluding carboxylic acids is 1. The Balaban J connectivity index is 2.58. The summed E-state index contributed by atoms with van der Waals surface area (Å²) in [6, 6.07) is 1.82. The summed E-state index contributed by atoms with van der Waals surface area (Å²) in [4.78, 5) is 15.1. The van der Waals surface area contributed by atoms with Crippen LogP contribution >= 0.6 is 0 Å². The molecule has 1 atom stereocenters. The van der Waals surface area contributed by atoms with Crippen LogP contribution in [-0.4, -0.2) is 28.1 Å². The number of aromatic nitrogens is 1. The number of alkyl halides is 3. The fourth-order valence-electron chi connectivity index (χ4n) is 1.76. The van der Waals surface area contributed by atoms with Crippen LogP contribution in [0.5, 0.6) is 0 Å². The Morgan fingerprint density at radius 2 is 2.00 bits per heavy atom. The Hall–Kier alpha value is -1.63. The Morgan fingerprint density at radius 3 is 2.45 bits per heavy atom. The standard InChI is InChI=1S/C15H21F3N2O2/c1-10(2)6-7-14(3,22)9-20-13(21)11-4-5-12(19-8-11)15(16,17)18/h4-5,8,10,22H,6-7,9H2,1-3H3,(H,20,21). The molecule has 0 radical (unpaired) electrons. The fraction of sp³-hybridized carbons (Fsp3) is 0.600. The summed E-state index contributed by atoms with van der Waals surface area (Å²) in [7, 11) is 0. The molecule has 0 aromatic carbocycles. The molecule has 124 valence electrons. The monoisotopic (exact) mass is 318 g/mol. The lowest BCUT2D eigenvalue weighted by atomic mass is 9.95. The van der Waals surface area contributed by atoms with Gasteiger partial charge in [0.2, 0.25) is 0 Å². The van der Waals surface area contributed by atoms with Gasteiger partial charge in [-0.1, -0.05) is 13.8 Å². The van der Waals surface area contributed by atoms with Gasteiger partial charge in [0.25, 0.3) is 5.91 Å². The first-order chi connectivity index (χ1) is 10.0. The second-order valence-corrected chi connectivity index (χ2v) is 6.04. The third-order valence-corrected chi connectivity index (χ3v) is 3.21. The first-order valence-corrected chi connectivity index (χ1v) is 7.05. The number of aliphatic hydroxyl groups is 1. The van der Waals surface area contributed by atoms with Crippen molar-refractivity contribution in [3.05, 3.63) is 29.6 Å². The van der Waals surface area contributed by atoms with Crippen molar-refractivity contribution in [2.24, 2.45) is 5.92 Å². The molecular weight excluding hydrogens is 297 g/mol. The highest BCUT2D eigenvalue weighted by Crippen LogP contribution is 2.27. The first-order valence-electron chi connectivity index (χ1n) is 7.05. The summed E-state index contributed by atoms with van der Waals surface area (Å²) in [6.07, 6.45) is -2.32. The van der Waals surface area contributed by atoms with Gasteiger partial charge < -0.3 is 10.4 Å². The van der Waals surface area contributed by atoms with E-state index in [2.05, 4.69) is 10.3 Å². The van der Waals surface area contributed by atoms with E-state index in [1.807, 2.05) is 13.8 Å². The molecule has 0 saturated carbocycles. The first kappa shape index (κ1) is 18.4. The van der Waals surface area contributed by atoms with Gasteiger partial charge in [-0.3, -0.25) is 9.78 Å². The minimum Gasteiger partial charge on any atom is -0.388 e. The van der Waals surface area contributed by atoms with E-state index in [4.69, 9.17) is 0 Å². The zero-order valence-electron chi connectivity index (χ0n) is 12.9. The van der Waals surface area contributed by atoms with Crippen molar-refractivity contribution in [1.82, 2.24) is 10.3 Å². The molecule has 1 heterocycles. The number of rotatable bonds is 6. The second-order valence-electron chi connectivity index (χ2n) is 6.04. The van der Waals surface area contributed by atoms with Gasteiger partial charge in [-0.05, 0) is 37.8 Å². The Morgan fingerprint density at radius 1 is 1.36 bits per heavy atom. The lowest BCUT2D eigenvalue weighted by molar-refractivity contribution is -0.141. The van der Waals surface area contributed by atoms with E-state index >= 15 is 0 Å². The summed E-state index contributed by atoms with van der Waals surface area (Å²) < 4.78 is 37.1. The van der Waals surface area contributed by atoms with Crippen LogP contribution in [0.2, 0.25) is 0 Å². The third kappa shape index (κ3) is 6.01. The minimum atomic E-state index is -4.53. The zero-order chi connectivity index (χ0) is 17.0. The van der Waals surface area contributed by atoms with Crippen LogP contribution in [0.25, 0.3) is 0 Å². The Labute approximate surface area is 127 Å². The van der Waals surface area contributed by atoms with Gasteiger partial charge in [0, 0.05) is 12.7 Å². The van der Waals surface area contributed by atoms with E-state index in [0.717, 1.165) is 24.8 Å². The molecule has 1 aromatic rings. The van der Waals surface area contributed by atoms with E-state index in [1.54, 1.807) is 6.92 Å². The van der Waals surface area contributed by atoms with E-state index in [0.29, 0.717) is 12.3 Å². The van der Waals surface area contributed by atoms with Crippen molar-refractivity contribution in [2.45, 2.75) is 45.4 Å². The van der Waals surface area contributed by atoms with Crippen molar-refractivity contribution in [3.8, 4) is 0 Å². The van der Waals surface area contributed by atoms with Gasteiger partial charge in [-0.15, -0.1) is 0 Å². The molecule has 0 bridgehead atoms. The average Bonchev–Trinajstić information content (AvgIpc) is 2.42. The number of hydrogen-bond acceptors (Lipinski definition) is 3. The van der Waals surface area contributed by atoms with Gasteiger partial charge in [0.1, 0.15) is 5.69 Å². The number of carbonyl (C=O) groups is 1. The van der Waals surface area contributed by atoms with Gasteiger partial charge in [0.05, 0.1) is 11.2 Å². The van der Waals surface area contributed by atoms with E-state index in [1.165, 1.54) is 0 Å². The fourth-order valence-corrected chi connectivity index (χ4v) is 1.76. The lowest BCUT2D eigenvalue weighted by Crippen LogP contribution is -2.40. The SMILES string of the molecule is CC(C)CCC(C)(O)CNC(=O)c1ccc(C(F)(F)F)nc1. The second kappa shape index (κ2) is 7.09. The van der Waals surface area contributed by atoms with Crippen molar-refractivity contribution < 1.29 is 23.1 Å². The molecule has 4 nitrogen and oxygen atoms in total. The summed E-state index contributed by atoms with van der Waals surface area (Å²) >= 11 is 0. The maximum atomic E-state index is 12.4. The van der Waals surface area contributed by atoms with Crippen LogP contribution in [0.3, 0.4) is 0 Å². The molecule has 0 aliphatic carbocycles. The molecule has 0 aliphatic heterocycles. The number of nitrogens with one attached hydrogen (secondary N) is 1. The molecule has 7 heteroatoms. The molecule has 0 fully saturated rings. The van der Waals surface area contributed by atoms with Crippen molar-refractivity contribution in [1.29, 1.82) is 0 Å². The predicted octanol–water partition coefficient (Wildman–Crippen LogP) is 3.02. The van der Waals surface area contributed by atoms with Gasteiger partial charge >= 0.3 is 6.18 Å². The Bertz CT molecular complexity index is 497. The molecule has 1 amide bonds. The molecule has 22 heavy (non-hydrogen) atoms. The zero-order valence-corrected chi connectivity index (χ0v) is 12.9. The lowest BCUT2D eigenvalue weighted by Gasteiger charge is -2.24. The summed E-state index contributed by atoms with van der Waals surface area (Å²) in [5.74, 6) is -0.132. The largest absolute Gasteiger partial charge is 0.433 e. The number of pyridine rings is 1. The number of amides is 1. The van der Waals surface area contributed by atoms with Crippen LogP contribution in [0.15, 0.2) is 18.3 Å². The maximum Gasteiger partial charge on any atom is 0.433 e. The highest BCUT2D eigenvalue weighted by Gasteiger charge is 2.32. The van der Waals surface area contributed by atoms with Gasteiger partial charge in [-0.25, -0.2) is 0 Å². The molecule has 1 rings (SSSR count). The minimum absolute atomic E-state index is 0.0210. The van der Waals surface area contributed by atoms with Crippen molar-refractivity contribution >= 4 is 5.91 Å². The van der Waals surface area contributed by atoms with Crippen LogP contribution in [0.1, 0.15) is 49.7 Å². The highest BCUT2D eigenvalue weighted by molar-refractivity contribution is 5.93. The Kier molecular flexibility index (Phi) is 5.93. The molecule has 0 spiro atoms. The van der Waals surface area contributed by atoms with Gasteiger partial charge in [-0.2, -0.15) is 13.2 Å². The van der Waals surface area contributed by atoms with Crippen LogP contribution in [0, 0.1) is 5.92 Å². The molecular formula is C15H21F3N2O2. The predicted molar refractivity (Wildman–Crippen MR) is 76.3 cm³/mol. The van der Waals surface area contributed by atoms with Crippen LogP contribution in [-0.2, 0) is 6.18 Å². The topological polar surface area (TPSA) is 62.2 Å². The maximum absolute atomic E-state index is 12.4. The quantitative estimate of drug-likeness (QED) is 0.847. The van der Waals surface area contributed by atoms with Crippen molar-refractivity contribution in [2.75, 3.05) is 6.54 Å². The highest BCUT2D eigenvalue weighted by atomic mass is 19.4.